The molecule has 0 bridgehead atoms. The third-order valence-corrected chi connectivity index (χ3v) is 5.54. The standard InChI is InChI=1S/C20H16ClN3OS/c1-12-5-3-4-6-15(12)11-24-20(25)18-19(26-13(2)22-18)17(23-24)14-7-9-16(21)10-8-14/h3-10H,11H2,1-2H3. The molecule has 130 valence electrons. The summed E-state index contributed by atoms with van der Waals surface area (Å²) < 4.78 is 2.32. The molecular weight excluding hydrogens is 366 g/mol. The van der Waals surface area contributed by atoms with Crippen LogP contribution in [-0.2, 0) is 6.54 Å². The van der Waals surface area contributed by atoms with Gasteiger partial charge in [-0.2, -0.15) is 5.10 Å². The van der Waals surface area contributed by atoms with Crippen LogP contribution in [0.25, 0.3) is 21.5 Å². The Hall–Kier alpha value is -2.50. The number of thiazole rings is 1. The van der Waals surface area contributed by atoms with E-state index >= 15 is 0 Å². The van der Waals surface area contributed by atoms with E-state index in [1.54, 1.807) is 0 Å². The summed E-state index contributed by atoms with van der Waals surface area (Å²) in [4.78, 5) is 17.4. The van der Waals surface area contributed by atoms with Crippen LogP contribution in [0.2, 0.25) is 5.02 Å². The van der Waals surface area contributed by atoms with Gasteiger partial charge in [0, 0.05) is 10.6 Å². The van der Waals surface area contributed by atoms with Crippen molar-refractivity contribution in [3.63, 3.8) is 0 Å². The number of halogens is 1. The van der Waals surface area contributed by atoms with Crippen molar-refractivity contribution in [1.82, 2.24) is 14.8 Å². The van der Waals surface area contributed by atoms with Crippen LogP contribution >= 0.6 is 22.9 Å². The van der Waals surface area contributed by atoms with E-state index in [2.05, 4.69) is 10.1 Å². The van der Waals surface area contributed by atoms with Crippen molar-refractivity contribution in [1.29, 1.82) is 0 Å². The first-order valence-corrected chi connectivity index (χ1v) is 9.41. The topological polar surface area (TPSA) is 47.8 Å². The Kier molecular flexibility index (Phi) is 4.34. The Morgan fingerprint density at radius 2 is 1.81 bits per heavy atom. The van der Waals surface area contributed by atoms with Crippen molar-refractivity contribution in [2.45, 2.75) is 20.4 Å². The van der Waals surface area contributed by atoms with Crippen molar-refractivity contribution < 1.29 is 0 Å². The zero-order chi connectivity index (χ0) is 18.3. The van der Waals surface area contributed by atoms with E-state index in [0.29, 0.717) is 17.1 Å². The Balaban J connectivity index is 1.94. The molecule has 4 rings (SSSR count). The smallest absolute Gasteiger partial charge is 0.265 e. The van der Waals surface area contributed by atoms with Crippen LogP contribution in [0.5, 0.6) is 0 Å². The zero-order valence-electron chi connectivity index (χ0n) is 14.4. The maximum atomic E-state index is 12.9. The molecule has 0 fully saturated rings. The normalized spacial score (nSPS) is 11.2. The molecule has 26 heavy (non-hydrogen) atoms. The minimum atomic E-state index is -0.162. The molecule has 0 atom stereocenters. The molecule has 0 saturated heterocycles. The summed E-state index contributed by atoms with van der Waals surface area (Å²) in [7, 11) is 0. The highest BCUT2D eigenvalue weighted by molar-refractivity contribution is 7.19. The molecule has 0 spiro atoms. The van der Waals surface area contributed by atoms with Gasteiger partial charge < -0.3 is 0 Å². The number of aryl methyl sites for hydroxylation is 2. The molecule has 4 aromatic rings. The number of benzene rings is 2. The lowest BCUT2D eigenvalue weighted by Crippen LogP contribution is -2.24. The second-order valence-corrected chi connectivity index (χ2v) is 7.80. The molecule has 0 radical (unpaired) electrons. The van der Waals surface area contributed by atoms with Crippen LogP contribution < -0.4 is 5.56 Å². The molecule has 0 N–H and O–H groups in total. The lowest BCUT2D eigenvalue weighted by molar-refractivity contribution is 0.648. The minimum absolute atomic E-state index is 0.162. The van der Waals surface area contributed by atoms with Gasteiger partial charge in [-0.05, 0) is 37.1 Å². The molecule has 2 aromatic heterocycles. The van der Waals surface area contributed by atoms with E-state index in [1.165, 1.54) is 16.0 Å². The van der Waals surface area contributed by atoms with Crippen LogP contribution in [0.1, 0.15) is 16.1 Å². The largest absolute Gasteiger partial charge is 0.294 e. The summed E-state index contributed by atoms with van der Waals surface area (Å²) in [6.07, 6.45) is 0. The lowest BCUT2D eigenvalue weighted by atomic mass is 10.1. The number of rotatable bonds is 3. The molecule has 0 aliphatic rings. The Morgan fingerprint density at radius 3 is 2.54 bits per heavy atom. The lowest BCUT2D eigenvalue weighted by Gasteiger charge is -2.10. The van der Waals surface area contributed by atoms with E-state index in [0.717, 1.165) is 32.1 Å². The summed E-state index contributed by atoms with van der Waals surface area (Å²) in [6.45, 7) is 4.35. The average molecular weight is 382 g/mol. The molecule has 0 aliphatic heterocycles. The van der Waals surface area contributed by atoms with Gasteiger partial charge in [-0.3, -0.25) is 4.79 Å². The van der Waals surface area contributed by atoms with Crippen LogP contribution in [0.4, 0.5) is 0 Å². The predicted molar refractivity (Wildman–Crippen MR) is 107 cm³/mol. The fraction of sp³-hybridized carbons (Fsp3) is 0.150. The first-order valence-electron chi connectivity index (χ1n) is 8.21. The quantitative estimate of drug-likeness (QED) is 0.510. The van der Waals surface area contributed by atoms with Crippen molar-refractivity contribution >= 4 is 33.2 Å². The van der Waals surface area contributed by atoms with Gasteiger partial charge in [-0.1, -0.05) is 48.0 Å². The highest BCUT2D eigenvalue weighted by Crippen LogP contribution is 2.30. The van der Waals surface area contributed by atoms with Gasteiger partial charge in [0.1, 0.15) is 5.69 Å². The number of hydrogen-bond donors (Lipinski definition) is 0. The summed E-state index contributed by atoms with van der Waals surface area (Å²) >= 11 is 7.51. The predicted octanol–water partition coefficient (Wildman–Crippen LogP) is 4.84. The maximum absolute atomic E-state index is 12.9. The molecule has 2 aromatic carbocycles. The van der Waals surface area contributed by atoms with E-state index in [9.17, 15) is 4.79 Å². The van der Waals surface area contributed by atoms with Gasteiger partial charge in [0.15, 0.2) is 5.52 Å². The van der Waals surface area contributed by atoms with E-state index < -0.39 is 0 Å². The Bertz CT molecular complexity index is 1160. The van der Waals surface area contributed by atoms with Crippen molar-refractivity contribution in [3.05, 3.63) is 80.0 Å². The summed E-state index contributed by atoms with van der Waals surface area (Å²) in [6, 6.07) is 15.5. The molecule has 0 aliphatic carbocycles. The SMILES string of the molecule is Cc1nc2c(=O)n(Cc3ccccc3C)nc(-c3ccc(Cl)cc3)c2s1. The molecule has 0 saturated carbocycles. The Labute approximate surface area is 159 Å². The van der Waals surface area contributed by atoms with E-state index in [-0.39, 0.29) is 5.56 Å². The maximum Gasteiger partial charge on any atom is 0.294 e. The molecule has 0 amide bonds. The van der Waals surface area contributed by atoms with Gasteiger partial charge in [0.2, 0.25) is 0 Å². The van der Waals surface area contributed by atoms with Crippen LogP contribution in [0.15, 0.2) is 53.3 Å². The summed E-state index contributed by atoms with van der Waals surface area (Å²) in [5.74, 6) is 0. The third kappa shape index (κ3) is 3.04. The number of aromatic nitrogens is 3. The first kappa shape index (κ1) is 16.9. The van der Waals surface area contributed by atoms with Crippen molar-refractivity contribution in [3.8, 4) is 11.3 Å². The van der Waals surface area contributed by atoms with Gasteiger partial charge in [-0.15, -0.1) is 11.3 Å². The van der Waals surface area contributed by atoms with Crippen LogP contribution in [0.3, 0.4) is 0 Å². The second-order valence-electron chi connectivity index (χ2n) is 6.16. The van der Waals surface area contributed by atoms with Gasteiger partial charge in [0.25, 0.3) is 5.56 Å². The van der Waals surface area contributed by atoms with E-state index in [1.807, 2.05) is 62.4 Å². The first-order chi connectivity index (χ1) is 12.5. The highest BCUT2D eigenvalue weighted by Gasteiger charge is 2.17. The molecular formula is C20H16ClN3OS. The number of nitrogens with zero attached hydrogens (tertiary/aromatic N) is 3. The molecule has 0 unspecified atom stereocenters. The van der Waals surface area contributed by atoms with Crippen molar-refractivity contribution in [2.75, 3.05) is 0 Å². The third-order valence-electron chi connectivity index (χ3n) is 4.31. The molecule has 6 heteroatoms. The van der Waals surface area contributed by atoms with Gasteiger partial charge in [0.05, 0.1) is 16.3 Å². The van der Waals surface area contributed by atoms with Crippen molar-refractivity contribution in [2.24, 2.45) is 0 Å². The second kappa shape index (κ2) is 6.67. The summed E-state index contributed by atoms with van der Waals surface area (Å²) in [5, 5.41) is 6.20. The summed E-state index contributed by atoms with van der Waals surface area (Å²) in [5.41, 5.74) is 4.18. The number of hydrogen-bond acceptors (Lipinski definition) is 4. The fourth-order valence-corrected chi connectivity index (χ4v) is 3.96. The molecule has 4 nitrogen and oxygen atoms in total. The number of fused-ring (bicyclic) bond motifs is 1. The van der Waals surface area contributed by atoms with Crippen LogP contribution in [-0.4, -0.2) is 14.8 Å². The Morgan fingerprint density at radius 1 is 1.08 bits per heavy atom. The fourth-order valence-electron chi connectivity index (χ4n) is 2.92. The monoisotopic (exact) mass is 381 g/mol. The zero-order valence-corrected chi connectivity index (χ0v) is 15.9. The minimum Gasteiger partial charge on any atom is -0.265 e. The highest BCUT2D eigenvalue weighted by atomic mass is 35.5. The van der Waals surface area contributed by atoms with Gasteiger partial charge in [-0.25, -0.2) is 9.67 Å². The average Bonchev–Trinajstić information content (AvgIpc) is 3.02. The van der Waals surface area contributed by atoms with Crippen LogP contribution in [0, 0.1) is 13.8 Å². The van der Waals surface area contributed by atoms with E-state index in [4.69, 9.17) is 11.6 Å². The molecule has 2 heterocycles. The van der Waals surface area contributed by atoms with Gasteiger partial charge >= 0.3 is 0 Å².